The van der Waals surface area contributed by atoms with Gasteiger partial charge < -0.3 is 15.3 Å². The lowest BCUT2D eigenvalue weighted by atomic mass is 10.0. The van der Waals surface area contributed by atoms with Crippen LogP contribution >= 0.6 is 15.9 Å². The van der Waals surface area contributed by atoms with Gasteiger partial charge in [0.2, 0.25) is 0 Å². The largest absolute Gasteiger partial charge is 0.481 e. The highest BCUT2D eigenvalue weighted by atomic mass is 79.9. The lowest BCUT2D eigenvalue weighted by molar-refractivity contribution is -0.137. The Kier molecular flexibility index (Phi) is 5.00. The third-order valence-corrected chi connectivity index (χ3v) is 3.80. The van der Waals surface area contributed by atoms with Crippen LogP contribution in [-0.2, 0) is 17.8 Å². The fourth-order valence-corrected chi connectivity index (χ4v) is 2.65. The number of aliphatic carboxylic acids is 1. The lowest BCUT2D eigenvalue weighted by Crippen LogP contribution is -2.43. The van der Waals surface area contributed by atoms with Crippen LogP contribution < -0.4 is 5.32 Å². The summed E-state index contributed by atoms with van der Waals surface area (Å²) in [5, 5.41) is 11.3. The van der Waals surface area contributed by atoms with Gasteiger partial charge in [-0.2, -0.15) is 0 Å². The first-order valence-electron chi connectivity index (χ1n) is 6.58. The van der Waals surface area contributed by atoms with Crippen molar-refractivity contribution in [1.29, 1.82) is 0 Å². The van der Waals surface area contributed by atoms with Gasteiger partial charge in [0.05, 0.1) is 0 Å². The summed E-state index contributed by atoms with van der Waals surface area (Å²) in [5.41, 5.74) is 2.44. The van der Waals surface area contributed by atoms with Crippen LogP contribution in [0.2, 0.25) is 0 Å². The molecule has 0 aromatic heterocycles. The van der Waals surface area contributed by atoms with Crippen molar-refractivity contribution >= 4 is 27.9 Å². The number of nitrogens with one attached hydrogen (secondary N) is 1. The topological polar surface area (TPSA) is 69.6 Å². The van der Waals surface area contributed by atoms with Crippen molar-refractivity contribution in [2.75, 3.05) is 13.1 Å². The molecule has 1 aliphatic rings. The van der Waals surface area contributed by atoms with Crippen molar-refractivity contribution in [2.24, 2.45) is 0 Å². The first kappa shape index (κ1) is 14.8. The number of carboxylic acids is 1. The molecule has 0 spiro atoms. The zero-order valence-corrected chi connectivity index (χ0v) is 12.6. The second kappa shape index (κ2) is 6.74. The summed E-state index contributed by atoms with van der Waals surface area (Å²) in [6, 6.07) is 6.02. The Labute approximate surface area is 126 Å². The van der Waals surface area contributed by atoms with E-state index in [0.717, 1.165) is 16.5 Å². The Morgan fingerprint density at radius 3 is 2.90 bits per heavy atom. The molecule has 1 heterocycles. The van der Waals surface area contributed by atoms with Crippen LogP contribution in [0.15, 0.2) is 22.7 Å². The van der Waals surface area contributed by atoms with Crippen molar-refractivity contribution in [3.63, 3.8) is 0 Å². The van der Waals surface area contributed by atoms with Gasteiger partial charge in [0.15, 0.2) is 0 Å². The number of nitrogens with zero attached hydrogens (tertiary/aromatic N) is 1. The highest BCUT2D eigenvalue weighted by molar-refractivity contribution is 9.10. The summed E-state index contributed by atoms with van der Waals surface area (Å²) < 4.78 is 1.01. The van der Waals surface area contributed by atoms with Gasteiger partial charge in [-0.1, -0.05) is 22.0 Å². The Bertz CT molecular complexity index is 519. The summed E-state index contributed by atoms with van der Waals surface area (Å²) in [6.07, 6.45) is 1.39. The van der Waals surface area contributed by atoms with Gasteiger partial charge in [0.25, 0.3) is 0 Å². The monoisotopic (exact) mass is 340 g/mol. The molecule has 0 aliphatic carbocycles. The normalized spacial score (nSPS) is 13.8. The Morgan fingerprint density at radius 2 is 2.15 bits per heavy atom. The average Bonchev–Trinajstić information content (AvgIpc) is 2.42. The lowest BCUT2D eigenvalue weighted by Gasteiger charge is -2.29. The fraction of sp³-hybridized carbons (Fsp3) is 0.429. The third kappa shape index (κ3) is 3.96. The van der Waals surface area contributed by atoms with Crippen LogP contribution in [0.4, 0.5) is 4.79 Å². The van der Waals surface area contributed by atoms with Gasteiger partial charge in [0, 0.05) is 30.5 Å². The van der Waals surface area contributed by atoms with Gasteiger partial charge >= 0.3 is 12.0 Å². The summed E-state index contributed by atoms with van der Waals surface area (Å²) in [5.74, 6) is -0.837. The number of carbonyl (C=O) groups excluding carboxylic acids is 1. The zero-order valence-electron chi connectivity index (χ0n) is 11.1. The van der Waals surface area contributed by atoms with Crippen LogP contribution in [0, 0.1) is 0 Å². The molecule has 0 saturated carbocycles. The maximum atomic E-state index is 12.0. The Hall–Kier alpha value is -1.56. The van der Waals surface area contributed by atoms with Crippen molar-refractivity contribution < 1.29 is 14.7 Å². The Balaban J connectivity index is 1.85. The van der Waals surface area contributed by atoms with Crippen LogP contribution in [0.5, 0.6) is 0 Å². The van der Waals surface area contributed by atoms with Gasteiger partial charge in [-0.3, -0.25) is 4.79 Å². The van der Waals surface area contributed by atoms with Crippen LogP contribution in [-0.4, -0.2) is 35.1 Å². The maximum absolute atomic E-state index is 12.0. The second-order valence-corrected chi connectivity index (χ2v) is 5.73. The smallest absolute Gasteiger partial charge is 0.317 e. The molecule has 0 fully saturated rings. The molecular weight excluding hydrogens is 324 g/mol. The van der Waals surface area contributed by atoms with Crippen molar-refractivity contribution in [3.05, 3.63) is 33.8 Å². The quantitative estimate of drug-likeness (QED) is 0.826. The highest BCUT2D eigenvalue weighted by Gasteiger charge is 2.20. The average molecular weight is 341 g/mol. The summed E-state index contributed by atoms with van der Waals surface area (Å²) >= 11 is 3.44. The molecule has 5 nitrogen and oxygen atoms in total. The highest BCUT2D eigenvalue weighted by Crippen LogP contribution is 2.22. The number of carbonyl (C=O) groups is 2. The standard InChI is InChI=1S/C14H17BrN2O3/c15-12-4-3-10-5-7-17(9-11(10)8-12)14(20)16-6-1-2-13(18)19/h3-4,8H,1-2,5-7,9H2,(H,16,20)(H,18,19). The van der Waals surface area contributed by atoms with Gasteiger partial charge in [0.1, 0.15) is 0 Å². The maximum Gasteiger partial charge on any atom is 0.317 e. The molecule has 2 rings (SSSR count). The first-order valence-corrected chi connectivity index (χ1v) is 7.37. The third-order valence-electron chi connectivity index (χ3n) is 3.31. The molecule has 108 valence electrons. The fourth-order valence-electron chi connectivity index (χ4n) is 2.25. The molecule has 1 aromatic rings. The van der Waals surface area contributed by atoms with Gasteiger partial charge in [-0.05, 0) is 36.1 Å². The van der Waals surface area contributed by atoms with E-state index in [2.05, 4.69) is 27.3 Å². The van der Waals surface area contributed by atoms with Crippen molar-refractivity contribution in [2.45, 2.75) is 25.8 Å². The SMILES string of the molecule is O=C(O)CCCNC(=O)N1CCc2ccc(Br)cc2C1. The molecule has 2 N–H and O–H groups in total. The first-order chi connectivity index (χ1) is 9.56. The van der Waals surface area contributed by atoms with E-state index in [1.54, 1.807) is 4.90 Å². The molecular formula is C14H17BrN2O3. The Morgan fingerprint density at radius 1 is 1.35 bits per heavy atom. The molecule has 2 amide bonds. The molecule has 0 radical (unpaired) electrons. The van der Waals surface area contributed by atoms with E-state index < -0.39 is 5.97 Å². The van der Waals surface area contributed by atoms with E-state index in [9.17, 15) is 9.59 Å². The van der Waals surface area contributed by atoms with Crippen molar-refractivity contribution in [1.82, 2.24) is 10.2 Å². The number of benzene rings is 1. The number of hydrogen-bond donors (Lipinski definition) is 2. The molecule has 0 unspecified atom stereocenters. The van der Waals surface area contributed by atoms with Gasteiger partial charge in [-0.15, -0.1) is 0 Å². The number of rotatable bonds is 4. The summed E-state index contributed by atoms with van der Waals surface area (Å²) in [7, 11) is 0. The van der Waals surface area contributed by atoms with Crippen LogP contribution in [0.3, 0.4) is 0 Å². The number of fused-ring (bicyclic) bond motifs is 1. The van der Waals surface area contributed by atoms with E-state index in [0.29, 0.717) is 26.1 Å². The number of amides is 2. The minimum Gasteiger partial charge on any atom is -0.481 e. The minimum absolute atomic E-state index is 0.0794. The second-order valence-electron chi connectivity index (χ2n) is 4.81. The molecule has 6 heteroatoms. The predicted molar refractivity (Wildman–Crippen MR) is 78.5 cm³/mol. The molecule has 1 aliphatic heterocycles. The van der Waals surface area contributed by atoms with E-state index in [1.165, 1.54) is 5.56 Å². The number of halogens is 1. The van der Waals surface area contributed by atoms with E-state index in [1.807, 2.05) is 12.1 Å². The number of carboxylic acid groups (broad SMARTS) is 1. The molecule has 1 aromatic carbocycles. The summed E-state index contributed by atoms with van der Waals surface area (Å²) in [6.45, 7) is 1.69. The summed E-state index contributed by atoms with van der Waals surface area (Å²) in [4.78, 5) is 24.1. The van der Waals surface area contributed by atoms with E-state index in [-0.39, 0.29) is 12.5 Å². The van der Waals surface area contributed by atoms with Crippen molar-refractivity contribution in [3.8, 4) is 0 Å². The molecule has 0 saturated heterocycles. The minimum atomic E-state index is -0.837. The van der Waals surface area contributed by atoms with Crippen LogP contribution in [0.25, 0.3) is 0 Å². The zero-order chi connectivity index (χ0) is 14.5. The van der Waals surface area contributed by atoms with Gasteiger partial charge in [-0.25, -0.2) is 4.79 Å². The van der Waals surface area contributed by atoms with E-state index in [4.69, 9.17) is 5.11 Å². The molecule has 0 atom stereocenters. The van der Waals surface area contributed by atoms with E-state index >= 15 is 0 Å². The molecule has 20 heavy (non-hydrogen) atoms. The molecule has 0 bridgehead atoms. The predicted octanol–water partition coefficient (Wildman–Crippen LogP) is 2.38. The number of hydrogen-bond acceptors (Lipinski definition) is 2. The van der Waals surface area contributed by atoms with Crippen LogP contribution in [0.1, 0.15) is 24.0 Å². The number of urea groups is 1.